The summed E-state index contributed by atoms with van der Waals surface area (Å²) in [6.45, 7) is 0.662. The van der Waals surface area contributed by atoms with E-state index in [0.717, 1.165) is 18.4 Å². The second kappa shape index (κ2) is 8.81. The Morgan fingerprint density at radius 3 is 2.79 bits per heavy atom. The number of amides is 1. The molecule has 1 N–H and O–H groups in total. The SMILES string of the molecule is O=C(COC(=O)/C=C/c1ccc2c(c1)OCCO2)Nc1ccnn1C1CCCC1. The maximum atomic E-state index is 12.1. The summed E-state index contributed by atoms with van der Waals surface area (Å²) in [6.07, 6.45) is 9.01. The van der Waals surface area contributed by atoms with E-state index in [-0.39, 0.29) is 6.61 Å². The molecule has 1 aromatic heterocycles. The van der Waals surface area contributed by atoms with Crippen LogP contribution < -0.4 is 14.8 Å². The third-order valence-electron chi connectivity index (χ3n) is 4.93. The van der Waals surface area contributed by atoms with Gasteiger partial charge in [0.05, 0.1) is 12.2 Å². The maximum absolute atomic E-state index is 12.1. The van der Waals surface area contributed by atoms with E-state index in [1.54, 1.807) is 30.5 Å². The van der Waals surface area contributed by atoms with Gasteiger partial charge in [-0.2, -0.15) is 5.10 Å². The average molecular weight is 397 g/mol. The van der Waals surface area contributed by atoms with Gasteiger partial charge in [-0.05, 0) is 36.6 Å². The number of fused-ring (bicyclic) bond motifs is 1. The van der Waals surface area contributed by atoms with Crippen LogP contribution in [0.3, 0.4) is 0 Å². The van der Waals surface area contributed by atoms with Gasteiger partial charge in [0, 0.05) is 12.1 Å². The molecule has 0 unspecified atom stereocenters. The van der Waals surface area contributed by atoms with E-state index in [2.05, 4.69) is 10.4 Å². The molecule has 0 bridgehead atoms. The Hall–Kier alpha value is -3.29. The summed E-state index contributed by atoms with van der Waals surface area (Å²) >= 11 is 0. The van der Waals surface area contributed by atoms with Crippen molar-refractivity contribution in [1.29, 1.82) is 0 Å². The van der Waals surface area contributed by atoms with Gasteiger partial charge in [-0.25, -0.2) is 9.48 Å². The molecule has 0 radical (unpaired) electrons. The summed E-state index contributed by atoms with van der Waals surface area (Å²) in [5.74, 6) is 0.962. The molecule has 2 heterocycles. The number of esters is 1. The van der Waals surface area contributed by atoms with Crippen molar-refractivity contribution in [3.05, 3.63) is 42.1 Å². The third-order valence-corrected chi connectivity index (χ3v) is 4.93. The quantitative estimate of drug-likeness (QED) is 0.595. The van der Waals surface area contributed by atoms with Crippen LogP contribution in [0.15, 0.2) is 36.5 Å². The van der Waals surface area contributed by atoms with Crippen LogP contribution in [0.5, 0.6) is 11.5 Å². The molecule has 1 aromatic carbocycles. The van der Waals surface area contributed by atoms with Crippen molar-refractivity contribution in [2.75, 3.05) is 25.1 Å². The Balaban J connectivity index is 1.27. The van der Waals surface area contributed by atoms with Crippen molar-refractivity contribution >= 4 is 23.8 Å². The first-order valence-corrected chi connectivity index (χ1v) is 9.77. The number of hydrogen-bond acceptors (Lipinski definition) is 6. The molecule has 1 fully saturated rings. The highest BCUT2D eigenvalue weighted by atomic mass is 16.6. The number of benzene rings is 1. The maximum Gasteiger partial charge on any atom is 0.331 e. The molecular weight excluding hydrogens is 374 g/mol. The molecule has 1 saturated carbocycles. The van der Waals surface area contributed by atoms with Crippen molar-refractivity contribution in [1.82, 2.24) is 9.78 Å². The minimum atomic E-state index is -0.598. The van der Waals surface area contributed by atoms with Crippen molar-refractivity contribution in [3.8, 4) is 11.5 Å². The summed E-state index contributed by atoms with van der Waals surface area (Å²) in [6, 6.07) is 7.46. The van der Waals surface area contributed by atoms with Crippen molar-refractivity contribution in [2.45, 2.75) is 31.7 Å². The number of nitrogens with one attached hydrogen (secondary N) is 1. The summed E-state index contributed by atoms with van der Waals surface area (Å²) in [5.41, 5.74) is 0.774. The number of nitrogens with zero attached hydrogens (tertiary/aromatic N) is 2. The molecule has 1 aliphatic carbocycles. The molecule has 1 amide bonds. The Kier molecular flexibility index (Phi) is 5.79. The lowest BCUT2D eigenvalue weighted by Crippen LogP contribution is -2.22. The summed E-state index contributed by atoms with van der Waals surface area (Å²) in [4.78, 5) is 24.1. The first-order valence-electron chi connectivity index (χ1n) is 9.77. The molecular formula is C21H23N3O5. The fraction of sp³-hybridized carbons (Fsp3) is 0.381. The van der Waals surface area contributed by atoms with Crippen molar-refractivity contribution in [2.24, 2.45) is 0 Å². The Morgan fingerprint density at radius 1 is 1.17 bits per heavy atom. The lowest BCUT2D eigenvalue weighted by Gasteiger charge is -2.18. The van der Waals surface area contributed by atoms with Gasteiger partial charge in [-0.3, -0.25) is 4.79 Å². The summed E-state index contributed by atoms with van der Waals surface area (Å²) < 4.78 is 17.8. The van der Waals surface area contributed by atoms with Gasteiger partial charge in [-0.1, -0.05) is 18.9 Å². The van der Waals surface area contributed by atoms with Crippen LogP contribution in [0, 0.1) is 0 Å². The van der Waals surface area contributed by atoms with Gasteiger partial charge in [0.1, 0.15) is 19.0 Å². The van der Waals surface area contributed by atoms with Gasteiger partial charge in [-0.15, -0.1) is 0 Å². The molecule has 4 rings (SSSR count). The number of hydrogen-bond donors (Lipinski definition) is 1. The molecule has 152 valence electrons. The molecule has 2 aromatic rings. The second-order valence-electron chi connectivity index (χ2n) is 6.99. The number of carbonyl (C=O) groups is 2. The third kappa shape index (κ3) is 4.77. The van der Waals surface area contributed by atoms with Gasteiger partial charge >= 0.3 is 5.97 Å². The molecule has 29 heavy (non-hydrogen) atoms. The smallest absolute Gasteiger partial charge is 0.331 e. The van der Waals surface area contributed by atoms with Gasteiger partial charge in [0.25, 0.3) is 5.91 Å². The van der Waals surface area contributed by atoms with Crippen LogP contribution in [0.25, 0.3) is 6.08 Å². The lowest BCUT2D eigenvalue weighted by molar-refractivity contribution is -0.142. The first-order chi connectivity index (χ1) is 14.2. The monoisotopic (exact) mass is 397 g/mol. The predicted molar refractivity (Wildman–Crippen MR) is 106 cm³/mol. The van der Waals surface area contributed by atoms with Gasteiger partial charge in [0.2, 0.25) is 0 Å². The highest BCUT2D eigenvalue weighted by Crippen LogP contribution is 2.32. The summed E-state index contributed by atoms with van der Waals surface area (Å²) in [5, 5.41) is 7.06. The van der Waals surface area contributed by atoms with E-state index >= 15 is 0 Å². The Labute approximate surface area is 168 Å². The topological polar surface area (TPSA) is 91.7 Å². The van der Waals surface area contributed by atoms with E-state index < -0.39 is 11.9 Å². The van der Waals surface area contributed by atoms with Crippen LogP contribution in [0.1, 0.15) is 37.3 Å². The van der Waals surface area contributed by atoms with Crippen LogP contribution >= 0.6 is 0 Å². The van der Waals surface area contributed by atoms with E-state index in [0.29, 0.717) is 36.6 Å². The highest BCUT2D eigenvalue weighted by Gasteiger charge is 2.20. The summed E-state index contributed by atoms with van der Waals surface area (Å²) in [7, 11) is 0. The van der Waals surface area contributed by atoms with Crippen LogP contribution in [-0.2, 0) is 14.3 Å². The largest absolute Gasteiger partial charge is 0.486 e. The zero-order valence-corrected chi connectivity index (χ0v) is 16.0. The highest BCUT2D eigenvalue weighted by molar-refractivity contribution is 5.94. The second-order valence-corrected chi connectivity index (χ2v) is 6.99. The zero-order valence-electron chi connectivity index (χ0n) is 16.0. The van der Waals surface area contributed by atoms with Crippen LogP contribution in [-0.4, -0.2) is 41.5 Å². The fourth-order valence-corrected chi connectivity index (χ4v) is 3.54. The van der Waals surface area contributed by atoms with Crippen molar-refractivity contribution < 1.29 is 23.8 Å². The van der Waals surface area contributed by atoms with Crippen LogP contribution in [0.2, 0.25) is 0 Å². The molecule has 2 aliphatic rings. The Morgan fingerprint density at radius 2 is 1.97 bits per heavy atom. The number of anilines is 1. The molecule has 0 saturated heterocycles. The molecule has 0 atom stereocenters. The number of carbonyl (C=O) groups excluding carboxylic acids is 2. The Bertz CT molecular complexity index is 915. The number of aromatic nitrogens is 2. The fourth-order valence-electron chi connectivity index (χ4n) is 3.54. The average Bonchev–Trinajstić information content (AvgIpc) is 3.42. The molecule has 0 spiro atoms. The normalized spacial score (nSPS) is 16.1. The number of rotatable bonds is 6. The van der Waals surface area contributed by atoms with Gasteiger partial charge in [0.15, 0.2) is 18.1 Å². The van der Waals surface area contributed by atoms with E-state index in [4.69, 9.17) is 14.2 Å². The minimum absolute atomic E-state index is 0.316. The van der Waals surface area contributed by atoms with E-state index in [9.17, 15) is 9.59 Å². The van der Waals surface area contributed by atoms with Crippen molar-refractivity contribution in [3.63, 3.8) is 0 Å². The number of ether oxygens (including phenoxy) is 3. The minimum Gasteiger partial charge on any atom is -0.486 e. The van der Waals surface area contributed by atoms with Crippen LogP contribution in [0.4, 0.5) is 5.82 Å². The predicted octanol–water partition coefficient (Wildman–Crippen LogP) is 2.96. The van der Waals surface area contributed by atoms with Gasteiger partial charge < -0.3 is 19.5 Å². The molecule has 1 aliphatic heterocycles. The van der Waals surface area contributed by atoms with E-state index in [1.807, 2.05) is 10.7 Å². The molecule has 8 heteroatoms. The van der Waals surface area contributed by atoms with E-state index in [1.165, 1.54) is 18.9 Å². The molecule has 8 nitrogen and oxygen atoms in total. The zero-order chi connectivity index (χ0) is 20.1. The first kappa shape index (κ1) is 19.0. The lowest BCUT2D eigenvalue weighted by atomic mass is 10.2. The standard InChI is InChI=1S/C21H23N3O5/c25-20(23-19-9-10-22-24(19)16-3-1-2-4-16)14-29-21(26)8-6-15-5-7-17-18(13-15)28-12-11-27-17/h5-10,13,16H,1-4,11-12,14H2,(H,23,25)/b8-6+.